The van der Waals surface area contributed by atoms with Gasteiger partial charge < -0.3 is 14.8 Å². The molecule has 3 aromatic carbocycles. The third kappa shape index (κ3) is 4.32. The van der Waals surface area contributed by atoms with E-state index in [9.17, 15) is 19.7 Å². The predicted molar refractivity (Wildman–Crippen MR) is 107 cm³/mol. The molecule has 1 N–H and O–H groups in total. The molecule has 148 valence electrons. The van der Waals surface area contributed by atoms with Gasteiger partial charge in [-0.05, 0) is 35.9 Å². The molecule has 29 heavy (non-hydrogen) atoms. The van der Waals surface area contributed by atoms with E-state index >= 15 is 0 Å². The van der Waals surface area contributed by atoms with Crippen LogP contribution in [0.2, 0.25) is 0 Å². The van der Waals surface area contributed by atoms with Crippen molar-refractivity contribution < 1.29 is 24.0 Å². The highest BCUT2D eigenvalue weighted by Gasteiger charge is 2.24. The summed E-state index contributed by atoms with van der Waals surface area (Å²) in [5.41, 5.74) is -0.0548. The summed E-state index contributed by atoms with van der Waals surface area (Å²) in [6, 6.07) is 16.5. The van der Waals surface area contributed by atoms with Crippen LogP contribution < -0.4 is 10.1 Å². The van der Waals surface area contributed by atoms with E-state index in [1.54, 1.807) is 18.2 Å². The lowest BCUT2D eigenvalue weighted by atomic mass is 10.1. The molecule has 8 nitrogen and oxygen atoms in total. The lowest BCUT2D eigenvalue weighted by Gasteiger charge is -2.15. The van der Waals surface area contributed by atoms with Crippen molar-refractivity contribution in [2.45, 2.75) is 13.0 Å². The fraction of sp³-hybridized carbons (Fsp3) is 0.143. The van der Waals surface area contributed by atoms with Crippen molar-refractivity contribution >= 4 is 34.0 Å². The number of nitro groups is 1. The minimum atomic E-state index is -1.18. The molecule has 0 radical (unpaired) electrons. The fourth-order valence-electron chi connectivity index (χ4n) is 2.80. The number of anilines is 1. The van der Waals surface area contributed by atoms with Gasteiger partial charge in [0.15, 0.2) is 6.10 Å². The second-order valence-corrected chi connectivity index (χ2v) is 6.21. The molecule has 3 aromatic rings. The summed E-state index contributed by atoms with van der Waals surface area (Å²) >= 11 is 0. The predicted octanol–water partition coefficient (Wildman–Crippen LogP) is 3.94. The third-order valence-corrected chi connectivity index (χ3v) is 4.30. The number of amides is 1. The normalized spacial score (nSPS) is 11.5. The molecule has 0 aliphatic carbocycles. The largest absolute Gasteiger partial charge is 0.496 e. The van der Waals surface area contributed by atoms with Gasteiger partial charge in [0, 0.05) is 6.07 Å². The standard InChI is InChI=1S/C21H18N2O6/c1-13(20(24)22-17-9-5-6-10-18(17)23(26)27)29-21(25)16-11-14-7-3-4-8-15(14)12-19(16)28-2/h3-13H,1-2H3,(H,22,24)/t13-/m1/s1. The first-order valence-electron chi connectivity index (χ1n) is 8.72. The Balaban J connectivity index is 1.78. The summed E-state index contributed by atoms with van der Waals surface area (Å²) in [5, 5.41) is 15.2. The van der Waals surface area contributed by atoms with Crippen molar-refractivity contribution in [1.29, 1.82) is 0 Å². The summed E-state index contributed by atoms with van der Waals surface area (Å²) < 4.78 is 10.5. The zero-order valence-corrected chi connectivity index (χ0v) is 15.7. The zero-order valence-electron chi connectivity index (χ0n) is 15.7. The number of nitrogens with zero attached hydrogens (tertiary/aromatic N) is 1. The van der Waals surface area contributed by atoms with Gasteiger partial charge in [0.1, 0.15) is 17.0 Å². The molecule has 0 unspecified atom stereocenters. The minimum absolute atomic E-state index is 0.0219. The van der Waals surface area contributed by atoms with Crippen molar-refractivity contribution in [3.63, 3.8) is 0 Å². The van der Waals surface area contributed by atoms with Crippen molar-refractivity contribution in [3.05, 3.63) is 76.3 Å². The Morgan fingerprint density at radius 2 is 1.66 bits per heavy atom. The average molecular weight is 394 g/mol. The minimum Gasteiger partial charge on any atom is -0.496 e. The second kappa shape index (κ2) is 8.39. The van der Waals surface area contributed by atoms with Crippen LogP contribution >= 0.6 is 0 Å². The number of nitro benzene ring substituents is 1. The topological polar surface area (TPSA) is 108 Å². The van der Waals surface area contributed by atoms with E-state index < -0.39 is 22.9 Å². The SMILES string of the molecule is COc1cc2ccccc2cc1C(=O)O[C@H](C)C(=O)Nc1ccccc1[N+](=O)[O-]. The number of methoxy groups -OCH3 is 1. The van der Waals surface area contributed by atoms with Crippen LogP contribution in [-0.4, -0.2) is 30.0 Å². The fourth-order valence-corrected chi connectivity index (χ4v) is 2.80. The summed E-state index contributed by atoms with van der Waals surface area (Å²) in [4.78, 5) is 35.5. The number of ether oxygens (including phenoxy) is 2. The van der Waals surface area contributed by atoms with Crippen molar-refractivity contribution in [3.8, 4) is 5.75 Å². The van der Waals surface area contributed by atoms with Gasteiger partial charge in [-0.25, -0.2) is 4.79 Å². The van der Waals surface area contributed by atoms with Crippen LogP contribution in [0.4, 0.5) is 11.4 Å². The molecule has 0 bridgehead atoms. The Hall–Kier alpha value is -3.94. The number of hydrogen-bond donors (Lipinski definition) is 1. The molecule has 1 amide bonds. The van der Waals surface area contributed by atoms with E-state index in [0.717, 1.165) is 10.8 Å². The van der Waals surface area contributed by atoms with Crippen LogP contribution in [0.15, 0.2) is 60.7 Å². The molecule has 0 aromatic heterocycles. The van der Waals surface area contributed by atoms with Crippen LogP contribution in [0.5, 0.6) is 5.75 Å². The Bertz CT molecular complexity index is 1100. The summed E-state index contributed by atoms with van der Waals surface area (Å²) in [5.74, 6) is -1.11. The molecule has 0 aliphatic heterocycles. The van der Waals surface area contributed by atoms with Crippen molar-refractivity contribution in [2.75, 3.05) is 12.4 Å². The Labute approximate surface area is 166 Å². The number of carbonyl (C=O) groups is 2. The van der Waals surface area contributed by atoms with Crippen LogP contribution in [0.1, 0.15) is 17.3 Å². The first-order chi connectivity index (χ1) is 13.9. The van der Waals surface area contributed by atoms with E-state index in [2.05, 4.69) is 5.32 Å². The van der Waals surface area contributed by atoms with Gasteiger partial charge in [-0.1, -0.05) is 36.4 Å². The molecule has 0 heterocycles. The van der Waals surface area contributed by atoms with Crippen LogP contribution in [0.25, 0.3) is 10.8 Å². The molecule has 0 spiro atoms. The quantitative estimate of drug-likeness (QED) is 0.385. The lowest BCUT2D eigenvalue weighted by molar-refractivity contribution is -0.383. The Kier molecular flexibility index (Phi) is 5.73. The number of fused-ring (bicyclic) bond motifs is 1. The van der Waals surface area contributed by atoms with Crippen LogP contribution in [0.3, 0.4) is 0 Å². The van der Waals surface area contributed by atoms with Crippen LogP contribution in [0, 0.1) is 10.1 Å². The summed E-state index contributed by atoms with van der Waals surface area (Å²) in [7, 11) is 1.44. The highest BCUT2D eigenvalue weighted by atomic mass is 16.6. The monoisotopic (exact) mass is 394 g/mol. The van der Waals surface area contributed by atoms with E-state index in [1.165, 1.54) is 32.2 Å². The maximum absolute atomic E-state index is 12.6. The number of nitrogens with one attached hydrogen (secondary N) is 1. The molecule has 0 saturated carbocycles. The molecule has 8 heteroatoms. The highest BCUT2D eigenvalue weighted by molar-refractivity contribution is 6.01. The molecular weight excluding hydrogens is 376 g/mol. The first kappa shape index (κ1) is 19.8. The lowest BCUT2D eigenvalue weighted by Crippen LogP contribution is -2.30. The average Bonchev–Trinajstić information content (AvgIpc) is 2.72. The van der Waals surface area contributed by atoms with Gasteiger partial charge in [0.25, 0.3) is 11.6 Å². The number of rotatable bonds is 6. The maximum Gasteiger partial charge on any atom is 0.342 e. The number of benzene rings is 3. The Morgan fingerprint density at radius 1 is 1.03 bits per heavy atom. The maximum atomic E-state index is 12.6. The second-order valence-electron chi connectivity index (χ2n) is 6.21. The first-order valence-corrected chi connectivity index (χ1v) is 8.72. The van der Waals surface area contributed by atoms with Gasteiger partial charge >= 0.3 is 5.97 Å². The third-order valence-electron chi connectivity index (χ3n) is 4.30. The molecule has 3 rings (SSSR count). The van der Waals surface area contributed by atoms with Gasteiger partial charge in [-0.2, -0.15) is 0 Å². The molecule has 0 fully saturated rings. The number of para-hydroxylation sites is 2. The van der Waals surface area contributed by atoms with Gasteiger partial charge in [0.05, 0.1) is 12.0 Å². The van der Waals surface area contributed by atoms with Crippen molar-refractivity contribution in [1.82, 2.24) is 0 Å². The van der Waals surface area contributed by atoms with E-state index in [0.29, 0.717) is 5.75 Å². The number of carbonyl (C=O) groups excluding carboxylic acids is 2. The number of esters is 1. The van der Waals surface area contributed by atoms with Gasteiger partial charge in [-0.15, -0.1) is 0 Å². The summed E-state index contributed by atoms with van der Waals surface area (Å²) in [6.45, 7) is 1.38. The molecular formula is C21H18N2O6. The van der Waals surface area contributed by atoms with E-state index in [-0.39, 0.29) is 16.9 Å². The van der Waals surface area contributed by atoms with Crippen molar-refractivity contribution in [2.24, 2.45) is 0 Å². The summed E-state index contributed by atoms with van der Waals surface area (Å²) in [6.07, 6.45) is -1.18. The molecule has 0 aliphatic rings. The van der Waals surface area contributed by atoms with Gasteiger partial charge in [-0.3, -0.25) is 14.9 Å². The smallest absolute Gasteiger partial charge is 0.342 e. The van der Waals surface area contributed by atoms with E-state index in [4.69, 9.17) is 9.47 Å². The molecule has 1 atom stereocenters. The number of hydrogen-bond acceptors (Lipinski definition) is 6. The highest BCUT2D eigenvalue weighted by Crippen LogP contribution is 2.27. The molecule has 0 saturated heterocycles. The zero-order chi connectivity index (χ0) is 21.0. The van der Waals surface area contributed by atoms with Gasteiger partial charge in [0.2, 0.25) is 0 Å². The van der Waals surface area contributed by atoms with Crippen LogP contribution in [-0.2, 0) is 9.53 Å². The van der Waals surface area contributed by atoms with E-state index in [1.807, 2.05) is 24.3 Å². The Morgan fingerprint density at radius 3 is 2.31 bits per heavy atom.